The van der Waals surface area contributed by atoms with Crippen LogP contribution >= 0.6 is 11.6 Å². The number of hydrogen-bond acceptors (Lipinski definition) is 2. The minimum atomic E-state index is 0.383. The lowest BCUT2D eigenvalue weighted by Gasteiger charge is -2.33. The molecule has 1 fully saturated rings. The lowest BCUT2D eigenvalue weighted by Crippen LogP contribution is -2.39. The van der Waals surface area contributed by atoms with Crippen molar-refractivity contribution in [2.24, 2.45) is 5.73 Å². The maximum atomic E-state index is 5.94. The Morgan fingerprint density at radius 1 is 1.33 bits per heavy atom. The van der Waals surface area contributed by atoms with E-state index in [0.29, 0.717) is 6.04 Å². The Kier molecular flexibility index (Phi) is 3.17. The third-order valence-corrected chi connectivity index (χ3v) is 3.27. The third kappa shape index (κ3) is 2.44. The normalized spacial score (nSPS) is 18.2. The van der Waals surface area contributed by atoms with Crippen LogP contribution in [-0.4, -0.2) is 19.1 Å². The fourth-order valence-corrected chi connectivity index (χ4v) is 2.34. The van der Waals surface area contributed by atoms with Gasteiger partial charge in [0.25, 0.3) is 0 Å². The van der Waals surface area contributed by atoms with Crippen LogP contribution in [0.3, 0.4) is 0 Å². The third-order valence-electron chi connectivity index (χ3n) is 3.04. The van der Waals surface area contributed by atoms with Gasteiger partial charge in [-0.15, -0.1) is 0 Å². The van der Waals surface area contributed by atoms with Crippen LogP contribution in [0.25, 0.3) is 0 Å². The fraction of sp³-hybridized carbons (Fsp3) is 0.500. The molecule has 0 unspecified atom stereocenters. The minimum absolute atomic E-state index is 0.383. The summed E-state index contributed by atoms with van der Waals surface area (Å²) < 4.78 is 0. The van der Waals surface area contributed by atoms with Gasteiger partial charge in [-0.05, 0) is 43.5 Å². The topological polar surface area (TPSA) is 29.3 Å². The molecule has 0 atom stereocenters. The van der Waals surface area contributed by atoms with Crippen molar-refractivity contribution >= 4 is 17.3 Å². The largest absolute Gasteiger partial charge is 0.371 e. The molecule has 0 radical (unpaired) electrons. The molecule has 1 aromatic carbocycles. The lowest BCUT2D eigenvalue weighted by atomic mass is 10.0. The molecule has 1 saturated heterocycles. The lowest BCUT2D eigenvalue weighted by molar-refractivity contribution is 0.501. The van der Waals surface area contributed by atoms with Crippen LogP contribution in [0.5, 0.6) is 0 Å². The van der Waals surface area contributed by atoms with E-state index in [4.69, 9.17) is 17.3 Å². The van der Waals surface area contributed by atoms with Gasteiger partial charge in [-0.25, -0.2) is 0 Å². The molecule has 0 aromatic heterocycles. The van der Waals surface area contributed by atoms with E-state index in [2.05, 4.69) is 17.9 Å². The first-order chi connectivity index (χ1) is 7.16. The zero-order valence-corrected chi connectivity index (χ0v) is 9.80. The van der Waals surface area contributed by atoms with E-state index in [1.54, 1.807) is 0 Å². The predicted molar refractivity (Wildman–Crippen MR) is 65.6 cm³/mol. The Labute approximate surface area is 96.0 Å². The van der Waals surface area contributed by atoms with Crippen molar-refractivity contribution in [1.29, 1.82) is 0 Å². The molecule has 0 bridgehead atoms. The summed E-state index contributed by atoms with van der Waals surface area (Å²) >= 11 is 5.94. The van der Waals surface area contributed by atoms with Gasteiger partial charge >= 0.3 is 0 Å². The van der Waals surface area contributed by atoms with Gasteiger partial charge in [-0.2, -0.15) is 0 Å². The Bertz CT molecular complexity index is 343. The molecule has 2 N–H and O–H groups in total. The van der Waals surface area contributed by atoms with Crippen LogP contribution in [0.2, 0.25) is 5.02 Å². The van der Waals surface area contributed by atoms with E-state index in [-0.39, 0.29) is 0 Å². The number of nitrogens with zero attached hydrogens (tertiary/aromatic N) is 1. The minimum Gasteiger partial charge on any atom is -0.371 e. The molecule has 15 heavy (non-hydrogen) atoms. The van der Waals surface area contributed by atoms with Crippen molar-refractivity contribution in [3.8, 4) is 0 Å². The van der Waals surface area contributed by atoms with E-state index in [1.165, 1.54) is 11.3 Å². The van der Waals surface area contributed by atoms with Crippen LogP contribution in [0, 0.1) is 6.92 Å². The zero-order valence-electron chi connectivity index (χ0n) is 9.04. The monoisotopic (exact) mass is 224 g/mol. The second kappa shape index (κ2) is 4.42. The van der Waals surface area contributed by atoms with Gasteiger partial charge < -0.3 is 10.6 Å². The molecule has 0 amide bonds. The highest BCUT2D eigenvalue weighted by molar-refractivity contribution is 6.30. The van der Waals surface area contributed by atoms with Crippen LogP contribution in [-0.2, 0) is 0 Å². The highest BCUT2D eigenvalue weighted by atomic mass is 35.5. The van der Waals surface area contributed by atoms with Crippen molar-refractivity contribution in [1.82, 2.24) is 0 Å². The average molecular weight is 225 g/mol. The number of anilines is 1. The summed E-state index contributed by atoms with van der Waals surface area (Å²) in [5, 5.41) is 0.810. The maximum absolute atomic E-state index is 5.94. The smallest absolute Gasteiger partial charge is 0.0410 e. The van der Waals surface area contributed by atoms with Gasteiger partial charge in [-0.3, -0.25) is 0 Å². The van der Waals surface area contributed by atoms with E-state index in [1.807, 2.05) is 12.1 Å². The summed E-state index contributed by atoms with van der Waals surface area (Å²) in [6.45, 7) is 4.23. The molecule has 1 aliphatic rings. The number of nitrogens with two attached hydrogens (primary N) is 1. The first-order valence-corrected chi connectivity index (χ1v) is 5.81. The van der Waals surface area contributed by atoms with Crippen molar-refractivity contribution in [2.75, 3.05) is 18.0 Å². The van der Waals surface area contributed by atoms with E-state index in [0.717, 1.165) is 31.0 Å². The van der Waals surface area contributed by atoms with E-state index >= 15 is 0 Å². The fourth-order valence-electron chi connectivity index (χ4n) is 2.11. The molecule has 3 heteroatoms. The Balaban J connectivity index is 2.15. The van der Waals surface area contributed by atoms with Gasteiger partial charge in [-0.1, -0.05) is 11.6 Å². The van der Waals surface area contributed by atoms with Crippen LogP contribution < -0.4 is 10.6 Å². The van der Waals surface area contributed by atoms with Gasteiger partial charge in [0.15, 0.2) is 0 Å². The highest BCUT2D eigenvalue weighted by Gasteiger charge is 2.17. The molecule has 1 aromatic rings. The van der Waals surface area contributed by atoms with E-state index in [9.17, 15) is 0 Å². The summed E-state index contributed by atoms with van der Waals surface area (Å²) in [5.74, 6) is 0. The first-order valence-electron chi connectivity index (χ1n) is 5.43. The second-order valence-electron chi connectivity index (χ2n) is 4.26. The van der Waals surface area contributed by atoms with E-state index < -0.39 is 0 Å². The number of hydrogen-bond donors (Lipinski definition) is 1. The Morgan fingerprint density at radius 2 is 2.00 bits per heavy atom. The summed E-state index contributed by atoms with van der Waals surface area (Å²) in [5.41, 5.74) is 8.44. The standard InChI is InChI=1S/C12H17ClN2/c1-9-8-10(13)2-3-12(9)15-6-4-11(14)5-7-15/h2-3,8,11H,4-7,14H2,1H3. The second-order valence-corrected chi connectivity index (χ2v) is 4.69. The Morgan fingerprint density at radius 3 is 2.60 bits per heavy atom. The van der Waals surface area contributed by atoms with Gasteiger partial charge in [0.05, 0.1) is 0 Å². The molecule has 1 heterocycles. The number of piperidine rings is 1. The number of aryl methyl sites for hydroxylation is 1. The summed E-state index contributed by atoms with van der Waals surface area (Å²) in [6.07, 6.45) is 2.17. The average Bonchev–Trinajstić information content (AvgIpc) is 2.20. The first kappa shape index (κ1) is 10.8. The number of halogens is 1. The van der Waals surface area contributed by atoms with Crippen LogP contribution in [0.4, 0.5) is 5.69 Å². The van der Waals surface area contributed by atoms with Crippen LogP contribution in [0.1, 0.15) is 18.4 Å². The Hall–Kier alpha value is -0.730. The van der Waals surface area contributed by atoms with Crippen molar-refractivity contribution in [3.05, 3.63) is 28.8 Å². The number of benzene rings is 1. The van der Waals surface area contributed by atoms with Crippen molar-refractivity contribution in [3.63, 3.8) is 0 Å². The number of rotatable bonds is 1. The molecule has 1 aliphatic heterocycles. The van der Waals surface area contributed by atoms with Crippen LogP contribution in [0.15, 0.2) is 18.2 Å². The molecule has 2 nitrogen and oxygen atoms in total. The SMILES string of the molecule is Cc1cc(Cl)ccc1N1CCC(N)CC1. The quantitative estimate of drug-likeness (QED) is 0.795. The maximum Gasteiger partial charge on any atom is 0.0410 e. The van der Waals surface area contributed by atoms with Gasteiger partial charge in [0.1, 0.15) is 0 Å². The summed E-state index contributed by atoms with van der Waals surface area (Å²) in [7, 11) is 0. The van der Waals surface area contributed by atoms with Crippen molar-refractivity contribution in [2.45, 2.75) is 25.8 Å². The van der Waals surface area contributed by atoms with Crippen molar-refractivity contribution < 1.29 is 0 Å². The molecular formula is C12H17ClN2. The molecule has 2 rings (SSSR count). The zero-order chi connectivity index (χ0) is 10.8. The molecule has 0 aliphatic carbocycles. The van der Waals surface area contributed by atoms with Gasteiger partial charge in [0.2, 0.25) is 0 Å². The molecule has 82 valence electrons. The molecule has 0 saturated carbocycles. The summed E-state index contributed by atoms with van der Waals surface area (Å²) in [6, 6.07) is 6.46. The highest BCUT2D eigenvalue weighted by Crippen LogP contribution is 2.25. The summed E-state index contributed by atoms with van der Waals surface area (Å²) in [4.78, 5) is 2.40. The van der Waals surface area contributed by atoms with Gasteiger partial charge in [0, 0.05) is 29.8 Å². The predicted octanol–water partition coefficient (Wildman–Crippen LogP) is 2.58. The molecule has 0 spiro atoms. The molecular weight excluding hydrogens is 208 g/mol.